The Labute approximate surface area is 180 Å². The molecule has 0 saturated carbocycles. The Bertz CT molecular complexity index is 1000. The fourth-order valence-corrected chi connectivity index (χ4v) is 4.01. The van der Waals surface area contributed by atoms with E-state index in [9.17, 15) is 14.9 Å². The second-order valence-corrected chi connectivity index (χ2v) is 8.39. The van der Waals surface area contributed by atoms with Crippen LogP contribution in [0, 0.1) is 16.7 Å². The monoisotopic (exact) mass is 430 g/mol. The quantitative estimate of drug-likeness (QED) is 0.708. The number of rotatable bonds is 5. The van der Waals surface area contributed by atoms with Crippen molar-refractivity contribution in [1.82, 2.24) is 0 Å². The van der Waals surface area contributed by atoms with E-state index in [0.29, 0.717) is 35.5 Å². The van der Waals surface area contributed by atoms with E-state index in [0.717, 1.165) is 0 Å². The van der Waals surface area contributed by atoms with Crippen LogP contribution < -0.4 is 10.5 Å². The lowest BCUT2D eigenvalue weighted by atomic mass is 9.70. The fourth-order valence-electron chi connectivity index (χ4n) is 3.77. The molecule has 0 aromatic heterocycles. The van der Waals surface area contributed by atoms with Crippen molar-refractivity contribution in [3.05, 3.63) is 51.6 Å². The number of nitrogens with zero attached hydrogens (tertiary/aromatic N) is 1. The Morgan fingerprint density at radius 3 is 2.77 bits per heavy atom. The van der Waals surface area contributed by atoms with Crippen molar-refractivity contribution in [1.29, 1.82) is 5.26 Å². The zero-order valence-corrected chi connectivity index (χ0v) is 17.8. The average molecular weight is 431 g/mol. The van der Waals surface area contributed by atoms with E-state index in [4.69, 9.17) is 31.5 Å². The van der Waals surface area contributed by atoms with Gasteiger partial charge >= 0.3 is 5.97 Å². The number of hydrogen-bond acceptors (Lipinski definition) is 7. The minimum Gasteiger partial charge on any atom is -0.480 e. The molecule has 1 aromatic rings. The van der Waals surface area contributed by atoms with Gasteiger partial charge in [0.05, 0.1) is 17.5 Å². The first-order chi connectivity index (χ1) is 14.2. The van der Waals surface area contributed by atoms with Crippen LogP contribution in [-0.2, 0) is 19.1 Å². The van der Waals surface area contributed by atoms with Gasteiger partial charge in [-0.2, -0.15) is 5.26 Å². The number of nitriles is 1. The number of esters is 1. The van der Waals surface area contributed by atoms with Crippen LogP contribution in [0.15, 0.2) is 41.0 Å². The van der Waals surface area contributed by atoms with Gasteiger partial charge in [0.25, 0.3) is 0 Å². The maximum absolute atomic E-state index is 13.0. The van der Waals surface area contributed by atoms with Crippen molar-refractivity contribution in [3.8, 4) is 11.8 Å². The van der Waals surface area contributed by atoms with Crippen molar-refractivity contribution in [2.75, 3.05) is 13.2 Å². The molecule has 2 N–H and O–H groups in total. The molecule has 1 heterocycles. The molecule has 1 aliphatic carbocycles. The first-order valence-electron chi connectivity index (χ1n) is 9.58. The Morgan fingerprint density at radius 1 is 1.40 bits per heavy atom. The van der Waals surface area contributed by atoms with Gasteiger partial charge in [-0.05, 0) is 30.0 Å². The van der Waals surface area contributed by atoms with Gasteiger partial charge in [0, 0.05) is 18.4 Å². The molecule has 3 rings (SSSR count). The molecule has 2 aliphatic rings. The third-order valence-electron chi connectivity index (χ3n) is 5.02. The maximum Gasteiger partial charge on any atom is 0.344 e. The lowest BCUT2D eigenvalue weighted by molar-refractivity contribution is -0.145. The van der Waals surface area contributed by atoms with Crippen molar-refractivity contribution in [2.24, 2.45) is 11.1 Å². The van der Waals surface area contributed by atoms with Crippen molar-refractivity contribution in [2.45, 2.75) is 39.5 Å². The molecule has 0 fully saturated rings. The number of carbonyl (C=O) groups excluding carboxylic acids is 2. The minimum absolute atomic E-state index is 0.00879. The van der Waals surface area contributed by atoms with Gasteiger partial charge in [0.2, 0.25) is 5.88 Å². The zero-order chi connectivity index (χ0) is 22.1. The summed E-state index contributed by atoms with van der Waals surface area (Å²) < 4.78 is 15.9. The summed E-state index contributed by atoms with van der Waals surface area (Å²) in [5.74, 6) is -0.470. The van der Waals surface area contributed by atoms with Crippen LogP contribution in [0.1, 0.15) is 45.1 Å². The third kappa shape index (κ3) is 4.29. The highest BCUT2D eigenvalue weighted by Crippen LogP contribution is 2.48. The lowest BCUT2D eigenvalue weighted by Crippen LogP contribution is -2.33. The molecule has 1 atom stereocenters. The summed E-state index contributed by atoms with van der Waals surface area (Å²) in [6, 6.07) is 6.98. The number of ketones is 1. The van der Waals surface area contributed by atoms with E-state index in [2.05, 4.69) is 6.07 Å². The third-order valence-corrected chi connectivity index (χ3v) is 5.31. The summed E-state index contributed by atoms with van der Waals surface area (Å²) in [5, 5.41) is 9.92. The molecule has 1 aromatic carbocycles. The molecule has 8 heteroatoms. The van der Waals surface area contributed by atoms with Gasteiger partial charge in [-0.15, -0.1) is 0 Å². The van der Waals surface area contributed by atoms with E-state index >= 15 is 0 Å². The molecule has 0 saturated heterocycles. The number of carbonyl (C=O) groups is 2. The SMILES string of the molecule is CCOC(=O)COc1ccc(C2C(C#N)=C(N)OC3=C2C(=O)CC(C)(C)C3)cc1Cl. The predicted octanol–water partition coefficient (Wildman–Crippen LogP) is 3.73. The van der Waals surface area contributed by atoms with Crippen molar-refractivity contribution >= 4 is 23.4 Å². The van der Waals surface area contributed by atoms with Crippen molar-refractivity contribution in [3.63, 3.8) is 0 Å². The van der Waals surface area contributed by atoms with Crippen molar-refractivity contribution < 1.29 is 23.8 Å². The summed E-state index contributed by atoms with van der Waals surface area (Å²) in [4.78, 5) is 24.5. The van der Waals surface area contributed by atoms with Gasteiger partial charge in [-0.1, -0.05) is 31.5 Å². The standard InChI is InChI=1S/C22H23ClN2O5/c1-4-28-18(27)11-29-16-6-5-12(7-14(16)23)19-13(10-24)21(25)30-17-9-22(2,3)8-15(26)20(17)19/h5-7,19H,4,8-9,11,25H2,1-3H3. The van der Waals surface area contributed by atoms with E-state index in [1.165, 1.54) is 0 Å². The van der Waals surface area contributed by atoms with Crippen LogP contribution in [0.3, 0.4) is 0 Å². The number of benzene rings is 1. The van der Waals surface area contributed by atoms with Gasteiger partial charge < -0.3 is 19.9 Å². The summed E-state index contributed by atoms with van der Waals surface area (Å²) in [7, 11) is 0. The van der Waals surface area contributed by atoms with E-state index < -0.39 is 11.9 Å². The van der Waals surface area contributed by atoms with Crippen LogP contribution in [0.4, 0.5) is 0 Å². The highest BCUT2D eigenvalue weighted by Gasteiger charge is 2.43. The molecule has 0 radical (unpaired) electrons. The second-order valence-electron chi connectivity index (χ2n) is 7.99. The average Bonchev–Trinajstić information content (AvgIpc) is 2.65. The molecule has 7 nitrogen and oxygen atoms in total. The van der Waals surface area contributed by atoms with Crippen LogP contribution in [0.5, 0.6) is 5.75 Å². The van der Waals surface area contributed by atoms with Crippen LogP contribution >= 0.6 is 11.6 Å². The van der Waals surface area contributed by atoms with Gasteiger partial charge in [-0.3, -0.25) is 4.79 Å². The molecule has 1 aliphatic heterocycles. The molecule has 0 spiro atoms. The number of ether oxygens (including phenoxy) is 3. The predicted molar refractivity (Wildman–Crippen MR) is 109 cm³/mol. The summed E-state index contributed by atoms with van der Waals surface area (Å²) in [6.45, 7) is 5.66. The van der Waals surface area contributed by atoms with Crippen LogP contribution in [-0.4, -0.2) is 25.0 Å². The van der Waals surface area contributed by atoms with Crippen LogP contribution in [0.25, 0.3) is 0 Å². The fraction of sp³-hybridized carbons (Fsp3) is 0.409. The molecule has 158 valence electrons. The van der Waals surface area contributed by atoms with Gasteiger partial charge in [0.1, 0.15) is 23.2 Å². The minimum atomic E-state index is -0.668. The van der Waals surface area contributed by atoms with Crippen LogP contribution in [0.2, 0.25) is 5.02 Å². The molecular formula is C22H23ClN2O5. The first-order valence-corrected chi connectivity index (χ1v) is 9.96. The Balaban J connectivity index is 1.97. The van der Waals surface area contributed by atoms with Gasteiger partial charge in [0.15, 0.2) is 12.4 Å². The highest BCUT2D eigenvalue weighted by molar-refractivity contribution is 6.32. The number of allylic oxidation sites excluding steroid dienone is 3. The van der Waals surface area contributed by atoms with Gasteiger partial charge in [-0.25, -0.2) is 4.79 Å². The van der Waals surface area contributed by atoms with E-state index in [-0.39, 0.29) is 40.9 Å². The number of nitrogens with two attached hydrogens (primary N) is 1. The molecule has 1 unspecified atom stereocenters. The van der Waals surface area contributed by atoms with E-state index in [1.54, 1.807) is 25.1 Å². The Hall–Kier alpha value is -2.98. The topological polar surface area (TPSA) is 112 Å². The number of halogens is 1. The molecule has 0 bridgehead atoms. The number of Topliss-reactive ketones (excluding diaryl/α,β-unsaturated/α-hetero) is 1. The molecule has 0 amide bonds. The lowest BCUT2D eigenvalue weighted by Gasteiger charge is -2.37. The second kappa shape index (κ2) is 8.41. The van der Waals surface area contributed by atoms with E-state index in [1.807, 2.05) is 13.8 Å². The summed E-state index contributed by atoms with van der Waals surface area (Å²) in [5.41, 5.74) is 6.98. The summed E-state index contributed by atoms with van der Waals surface area (Å²) in [6.07, 6.45) is 0.886. The first kappa shape index (κ1) is 21.7. The largest absolute Gasteiger partial charge is 0.480 e. The Morgan fingerprint density at radius 2 is 2.13 bits per heavy atom. The zero-order valence-electron chi connectivity index (χ0n) is 17.1. The molecular weight excluding hydrogens is 408 g/mol. The normalized spacial score (nSPS) is 20.2. The highest BCUT2D eigenvalue weighted by atomic mass is 35.5. The molecule has 30 heavy (non-hydrogen) atoms. The maximum atomic E-state index is 13.0. The smallest absolute Gasteiger partial charge is 0.344 e. The Kier molecular flexibility index (Phi) is 6.09. The number of hydrogen-bond donors (Lipinski definition) is 1. The summed E-state index contributed by atoms with van der Waals surface area (Å²) >= 11 is 6.35.